The number of piperidine rings is 1. The van der Waals surface area contributed by atoms with Crippen molar-refractivity contribution >= 4 is 17.5 Å². The summed E-state index contributed by atoms with van der Waals surface area (Å²) in [6.45, 7) is 5.76. The number of carbonyl (C=O) groups excluding carboxylic acids is 2. The third kappa shape index (κ3) is 3.23. The minimum atomic E-state index is -0.324. The van der Waals surface area contributed by atoms with Gasteiger partial charge in [0.15, 0.2) is 0 Å². The van der Waals surface area contributed by atoms with Crippen molar-refractivity contribution in [1.29, 1.82) is 0 Å². The third-order valence-electron chi connectivity index (χ3n) is 4.91. The molecule has 0 N–H and O–H groups in total. The molecule has 1 aromatic rings. The zero-order valence-corrected chi connectivity index (χ0v) is 13.7. The Bertz CT molecular complexity index is 631. The van der Waals surface area contributed by atoms with Gasteiger partial charge in [0.05, 0.1) is 5.92 Å². The van der Waals surface area contributed by atoms with Crippen LogP contribution in [0, 0.1) is 24.6 Å². The predicted molar refractivity (Wildman–Crippen MR) is 86.6 cm³/mol. The van der Waals surface area contributed by atoms with Gasteiger partial charge >= 0.3 is 0 Å². The Morgan fingerprint density at radius 2 is 2.09 bits per heavy atom. The molecule has 2 amide bonds. The van der Waals surface area contributed by atoms with E-state index in [0.717, 1.165) is 25.9 Å². The van der Waals surface area contributed by atoms with E-state index in [2.05, 4.69) is 6.92 Å². The zero-order chi connectivity index (χ0) is 16.6. The number of likely N-dealkylation sites (tertiary alicyclic amines) is 1. The Morgan fingerprint density at radius 3 is 2.78 bits per heavy atom. The van der Waals surface area contributed by atoms with Crippen LogP contribution in [0.25, 0.3) is 0 Å². The molecule has 23 heavy (non-hydrogen) atoms. The molecule has 2 aliphatic rings. The zero-order valence-electron chi connectivity index (χ0n) is 13.7. The summed E-state index contributed by atoms with van der Waals surface area (Å²) in [7, 11) is 0. The molecule has 0 aliphatic carbocycles. The summed E-state index contributed by atoms with van der Waals surface area (Å²) in [5, 5.41) is 0. The van der Waals surface area contributed by atoms with Crippen molar-refractivity contribution in [3.8, 4) is 0 Å². The molecule has 2 heterocycles. The van der Waals surface area contributed by atoms with Gasteiger partial charge < -0.3 is 9.80 Å². The predicted octanol–water partition coefficient (Wildman–Crippen LogP) is 2.75. The molecule has 5 heteroatoms. The Labute approximate surface area is 136 Å². The van der Waals surface area contributed by atoms with Crippen molar-refractivity contribution in [2.75, 3.05) is 24.5 Å². The molecule has 0 saturated carbocycles. The smallest absolute Gasteiger partial charge is 0.228 e. The molecule has 1 aromatic carbocycles. The monoisotopic (exact) mass is 318 g/mol. The number of hydrogen-bond acceptors (Lipinski definition) is 2. The van der Waals surface area contributed by atoms with Gasteiger partial charge in [0.1, 0.15) is 5.82 Å². The maximum atomic E-state index is 13.7. The van der Waals surface area contributed by atoms with Crippen LogP contribution in [0.1, 0.15) is 31.7 Å². The number of amides is 2. The van der Waals surface area contributed by atoms with Crippen molar-refractivity contribution in [1.82, 2.24) is 4.90 Å². The summed E-state index contributed by atoms with van der Waals surface area (Å²) in [5.74, 6) is -0.143. The van der Waals surface area contributed by atoms with Crippen LogP contribution in [0.4, 0.5) is 10.1 Å². The molecule has 2 unspecified atom stereocenters. The van der Waals surface area contributed by atoms with Gasteiger partial charge in [0, 0.05) is 31.7 Å². The summed E-state index contributed by atoms with van der Waals surface area (Å²) in [6, 6.07) is 4.79. The molecule has 0 spiro atoms. The van der Waals surface area contributed by atoms with Crippen LogP contribution in [0.15, 0.2) is 18.2 Å². The minimum absolute atomic E-state index is 0.0694. The summed E-state index contributed by atoms with van der Waals surface area (Å²) >= 11 is 0. The lowest BCUT2D eigenvalue weighted by atomic mass is 9.98. The molecule has 2 saturated heterocycles. The summed E-state index contributed by atoms with van der Waals surface area (Å²) in [6.07, 6.45) is 2.40. The number of nitrogens with zero attached hydrogens (tertiary/aromatic N) is 2. The SMILES string of the molecule is Cc1ccc(N2CC(C(=O)N3CCCC(C)C3)CC2=O)cc1F. The van der Waals surface area contributed by atoms with Crippen molar-refractivity contribution in [2.24, 2.45) is 11.8 Å². The lowest BCUT2D eigenvalue weighted by Crippen LogP contribution is -2.43. The van der Waals surface area contributed by atoms with Gasteiger partial charge in [0.25, 0.3) is 0 Å². The van der Waals surface area contributed by atoms with Crippen LogP contribution in [0.2, 0.25) is 0 Å². The fourth-order valence-electron chi connectivity index (χ4n) is 3.52. The molecule has 0 radical (unpaired) electrons. The van der Waals surface area contributed by atoms with Crippen LogP contribution in [0.5, 0.6) is 0 Å². The molecule has 2 fully saturated rings. The van der Waals surface area contributed by atoms with E-state index in [0.29, 0.717) is 23.7 Å². The second-order valence-corrected chi connectivity index (χ2v) is 6.87. The first-order chi connectivity index (χ1) is 11.0. The lowest BCUT2D eigenvalue weighted by Gasteiger charge is -2.32. The fourth-order valence-corrected chi connectivity index (χ4v) is 3.52. The van der Waals surface area contributed by atoms with Gasteiger partial charge in [0.2, 0.25) is 11.8 Å². The highest BCUT2D eigenvalue weighted by Crippen LogP contribution is 2.28. The molecular weight excluding hydrogens is 295 g/mol. The number of aryl methyl sites for hydroxylation is 1. The maximum absolute atomic E-state index is 13.7. The third-order valence-corrected chi connectivity index (χ3v) is 4.91. The number of anilines is 1. The normalized spacial score (nSPS) is 25.1. The van der Waals surface area contributed by atoms with Crippen molar-refractivity contribution in [3.63, 3.8) is 0 Å². The fraction of sp³-hybridized carbons (Fsp3) is 0.556. The van der Waals surface area contributed by atoms with Crippen molar-refractivity contribution < 1.29 is 14.0 Å². The molecule has 4 nitrogen and oxygen atoms in total. The molecule has 0 bridgehead atoms. The Balaban J connectivity index is 1.71. The first-order valence-corrected chi connectivity index (χ1v) is 8.31. The molecule has 124 valence electrons. The van der Waals surface area contributed by atoms with Crippen LogP contribution < -0.4 is 4.90 Å². The Morgan fingerprint density at radius 1 is 1.30 bits per heavy atom. The number of carbonyl (C=O) groups is 2. The highest BCUT2D eigenvalue weighted by molar-refractivity contribution is 6.00. The van der Waals surface area contributed by atoms with Gasteiger partial charge in [-0.15, -0.1) is 0 Å². The van der Waals surface area contributed by atoms with E-state index in [1.165, 1.54) is 6.07 Å². The summed E-state index contributed by atoms with van der Waals surface area (Å²) < 4.78 is 13.7. The number of halogens is 1. The molecule has 0 aromatic heterocycles. The van der Waals surface area contributed by atoms with E-state index in [1.807, 2.05) is 4.90 Å². The molecule has 2 atom stereocenters. The number of benzene rings is 1. The average molecular weight is 318 g/mol. The van der Waals surface area contributed by atoms with Crippen molar-refractivity contribution in [3.05, 3.63) is 29.6 Å². The maximum Gasteiger partial charge on any atom is 0.228 e. The van der Waals surface area contributed by atoms with E-state index < -0.39 is 0 Å². The first-order valence-electron chi connectivity index (χ1n) is 8.31. The van der Waals surface area contributed by atoms with E-state index >= 15 is 0 Å². The second-order valence-electron chi connectivity index (χ2n) is 6.87. The van der Waals surface area contributed by atoms with Gasteiger partial charge in [-0.25, -0.2) is 4.39 Å². The Hall–Kier alpha value is -1.91. The largest absolute Gasteiger partial charge is 0.342 e. The average Bonchev–Trinajstić information content (AvgIpc) is 2.91. The van der Waals surface area contributed by atoms with E-state index in [9.17, 15) is 14.0 Å². The van der Waals surface area contributed by atoms with Gasteiger partial charge in [-0.05, 0) is 43.4 Å². The minimum Gasteiger partial charge on any atom is -0.342 e. The van der Waals surface area contributed by atoms with E-state index in [4.69, 9.17) is 0 Å². The van der Waals surface area contributed by atoms with Crippen molar-refractivity contribution in [2.45, 2.75) is 33.1 Å². The van der Waals surface area contributed by atoms with Gasteiger partial charge in [-0.2, -0.15) is 0 Å². The lowest BCUT2D eigenvalue weighted by molar-refractivity contribution is -0.137. The first kappa shape index (κ1) is 16.0. The van der Waals surface area contributed by atoms with Crippen LogP contribution in [-0.2, 0) is 9.59 Å². The number of rotatable bonds is 2. The quantitative estimate of drug-likeness (QED) is 0.841. The highest BCUT2D eigenvalue weighted by Gasteiger charge is 2.38. The Kier molecular flexibility index (Phi) is 4.37. The molecule has 2 aliphatic heterocycles. The van der Waals surface area contributed by atoms with Gasteiger partial charge in [-0.1, -0.05) is 13.0 Å². The van der Waals surface area contributed by atoms with Crippen LogP contribution >= 0.6 is 0 Å². The second kappa shape index (κ2) is 6.30. The summed E-state index contributed by atoms with van der Waals surface area (Å²) in [5.41, 5.74) is 1.09. The van der Waals surface area contributed by atoms with Crippen LogP contribution in [0.3, 0.4) is 0 Å². The topological polar surface area (TPSA) is 40.6 Å². The van der Waals surface area contributed by atoms with E-state index in [1.54, 1.807) is 24.0 Å². The number of hydrogen-bond donors (Lipinski definition) is 0. The molecular formula is C18H23FN2O2. The highest BCUT2D eigenvalue weighted by atomic mass is 19.1. The van der Waals surface area contributed by atoms with E-state index in [-0.39, 0.29) is 30.0 Å². The summed E-state index contributed by atoms with van der Waals surface area (Å²) in [4.78, 5) is 28.4. The molecule has 3 rings (SSSR count). The standard InChI is InChI=1S/C18H23FN2O2/c1-12-4-3-7-20(10-12)18(23)14-8-17(22)21(11-14)15-6-5-13(2)16(19)9-15/h5-6,9,12,14H,3-4,7-8,10-11H2,1-2H3. The van der Waals surface area contributed by atoms with Crippen LogP contribution in [-0.4, -0.2) is 36.3 Å². The van der Waals surface area contributed by atoms with Gasteiger partial charge in [-0.3, -0.25) is 9.59 Å².